The number of carbonyl (C=O) groups is 5. The summed E-state index contributed by atoms with van der Waals surface area (Å²) in [4.78, 5) is 102. The van der Waals surface area contributed by atoms with Crippen molar-refractivity contribution in [2.75, 3.05) is 32.7 Å². The van der Waals surface area contributed by atoms with E-state index < -0.39 is 45.2 Å². The number of pyridine rings is 4. The molecule has 0 radical (unpaired) electrons. The second kappa shape index (κ2) is 53.6. The first-order valence-electron chi connectivity index (χ1n) is 35.7. The quantitative estimate of drug-likeness (QED) is 0.0147. The smallest absolute Gasteiger partial charge is 0.415 e. The van der Waals surface area contributed by atoms with Crippen molar-refractivity contribution in [3.63, 3.8) is 0 Å². The number of nitrogens with one attached hydrogen (secondary N) is 7. The number of non-ortho nitro benzene ring substituents is 3. The molecule has 38 heteroatoms. The number of ether oxygens (including phenoxy) is 2. The molecule has 0 aliphatic carbocycles. The fraction of sp³-hybridized carbons (Fsp3) is 0.0706. The lowest BCUT2D eigenvalue weighted by Crippen LogP contribution is -2.28. The third-order valence-corrected chi connectivity index (χ3v) is 18.3. The van der Waals surface area contributed by atoms with Crippen LogP contribution in [0.15, 0.2) is 351 Å². The van der Waals surface area contributed by atoms with Crippen molar-refractivity contribution < 1.29 is 65.1 Å². The van der Waals surface area contributed by atoms with Crippen LogP contribution in [0.2, 0.25) is 0 Å². The monoisotopic (exact) mass is 1750 g/mol. The van der Waals surface area contributed by atoms with Crippen molar-refractivity contribution in [1.29, 1.82) is 0 Å². The van der Waals surface area contributed by atoms with Gasteiger partial charge in [0, 0.05) is 169 Å². The average molecular weight is 1750 g/mol. The molecule has 0 fully saturated rings. The molecule has 13 N–H and O–H groups in total. The number of nitro benzene ring substituents is 3. The van der Waals surface area contributed by atoms with Gasteiger partial charge in [-0.3, -0.25) is 55.6 Å². The molecule has 123 heavy (non-hydrogen) atoms. The van der Waals surface area contributed by atoms with Gasteiger partial charge in [0.2, 0.25) is 0 Å². The van der Waals surface area contributed by atoms with Gasteiger partial charge in [0.05, 0.1) is 30.3 Å². The molecule has 13 aromatic rings. The number of sulfone groups is 1. The van der Waals surface area contributed by atoms with E-state index >= 15 is 0 Å². The molecule has 13 rings (SSSR count). The lowest BCUT2D eigenvalue weighted by Gasteiger charge is -2.09. The first-order valence-corrected chi connectivity index (χ1v) is 40.0. The normalized spacial score (nSPS) is 9.91. The highest BCUT2D eigenvalue weighted by molar-refractivity contribution is 8.13. The van der Waals surface area contributed by atoms with Gasteiger partial charge >= 0.3 is 29.6 Å². The van der Waals surface area contributed by atoms with Crippen LogP contribution in [0, 0.1) is 30.3 Å². The minimum atomic E-state index is -3.53. The van der Waals surface area contributed by atoms with Crippen LogP contribution in [-0.4, -0.2) is 81.2 Å². The van der Waals surface area contributed by atoms with Gasteiger partial charge in [0.1, 0.15) is 11.5 Å². The van der Waals surface area contributed by atoms with Crippen molar-refractivity contribution in [2.45, 2.75) is 49.1 Å². The molecule has 0 saturated heterocycles. The molecule has 7 amide bonds. The maximum absolute atomic E-state index is 12.4. The topological polar surface area (TPSA) is 515 Å². The van der Waals surface area contributed by atoms with E-state index in [4.69, 9.17) is 44.2 Å². The predicted molar refractivity (Wildman–Crippen MR) is 471 cm³/mol. The fourth-order valence-corrected chi connectivity index (χ4v) is 11.4. The van der Waals surface area contributed by atoms with Crippen LogP contribution in [0.3, 0.4) is 0 Å². The van der Waals surface area contributed by atoms with Gasteiger partial charge in [-0.15, -0.1) is 0 Å². The van der Waals surface area contributed by atoms with E-state index in [-0.39, 0.29) is 53.2 Å². The minimum absolute atomic E-state index is 0. The van der Waals surface area contributed by atoms with Crippen LogP contribution in [0.25, 0.3) is 0 Å². The van der Waals surface area contributed by atoms with Crippen LogP contribution in [0.4, 0.5) is 75.2 Å². The highest BCUT2D eigenvalue weighted by Crippen LogP contribution is 2.22. The van der Waals surface area contributed by atoms with Crippen molar-refractivity contribution in [3.8, 4) is 11.5 Å². The van der Waals surface area contributed by atoms with Crippen LogP contribution < -0.4 is 63.9 Å². The Morgan fingerprint density at radius 3 is 0.935 bits per heavy atom. The number of urea groups is 3. The number of anilines is 6. The zero-order valence-corrected chi connectivity index (χ0v) is 67.4. The summed E-state index contributed by atoms with van der Waals surface area (Å²) >= 11 is 4.95. The van der Waals surface area contributed by atoms with E-state index in [9.17, 15) is 71.2 Å². The van der Waals surface area contributed by atoms with Gasteiger partial charge in [0.25, 0.3) is 26.1 Å². The Bertz CT molecular complexity index is 5620. The van der Waals surface area contributed by atoms with Crippen LogP contribution >= 0.6 is 22.3 Å². The molecule has 0 aliphatic rings. The van der Waals surface area contributed by atoms with E-state index in [1.807, 2.05) is 42.5 Å². The Hall–Kier alpha value is -15.6. The summed E-state index contributed by atoms with van der Waals surface area (Å²) in [5, 5.41) is 49.7. The van der Waals surface area contributed by atoms with E-state index in [1.54, 1.807) is 213 Å². The SMILES string of the molecule is C.NCc1ccncc1.Nc1ccc(NC(=O)NCc2ccncc2)cc1.Nc1ccc([N+](=O)[O-])cc1.O=C(Cl)Oc1ccccc1.O=C(NCc1ccncc1)Nc1ccc(CS(=O)(=O)c2ccccc2)cc1.O=C(NCc1ccncc1)Nc1ccc([N+](=O)[O-])cc1.O=C(Nc1ccc([N+](=O)[O-])cc1)Oc1ccccc1.O=S(=O)(Cl)c1ccccc1. The molecule has 4 heterocycles. The summed E-state index contributed by atoms with van der Waals surface area (Å²) < 4.78 is 55.5. The third-order valence-electron chi connectivity index (χ3n) is 15.1. The van der Waals surface area contributed by atoms with Crippen molar-refractivity contribution >= 4 is 122 Å². The molecular weight excluding hydrogens is 1670 g/mol. The number of carbonyl (C=O) groups excluding carboxylic acids is 5. The molecule has 0 saturated carbocycles. The van der Waals surface area contributed by atoms with Gasteiger partial charge in [-0.25, -0.2) is 40.8 Å². The number of nitro groups is 3. The lowest BCUT2D eigenvalue weighted by molar-refractivity contribution is -0.385. The largest absolute Gasteiger partial charge is 0.417 e. The van der Waals surface area contributed by atoms with E-state index in [1.165, 1.54) is 84.9 Å². The number of para-hydroxylation sites is 2. The number of hydrogen-bond donors (Lipinski definition) is 10. The highest BCUT2D eigenvalue weighted by atomic mass is 35.7. The van der Waals surface area contributed by atoms with Crippen molar-refractivity contribution in [2.24, 2.45) is 5.73 Å². The molecule has 0 bridgehead atoms. The second-order valence-corrected chi connectivity index (χ2v) is 29.0. The summed E-state index contributed by atoms with van der Waals surface area (Å²) in [7, 11) is -1.89. The zero-order valence-electron chi connectivity index (χ0n) is 64.2. The van der Waals surface area contributed by atoms with Crippen LogP contribution in [0.5, 0.6) is 11.5 Å². The summed E-state index contributed by atoms with van der Waals surface area (Å²) in [6.45, 7) is 1.83. The number of halogens is 2. The Kier molecular flexibility index (Phi) is 42.7. The maximum Gasteiger partial charge on any atom is 0.417 e. The van der Waals surface area contributed by atoms with E-state index in [2.05, 4.69) is 61.9 Å². The van der Waals surface area contributed by atoms with Crippen molar-refractivity contribution in [3.05, 3.63) is 399 Å². The van der Waals surface area contributed by atoms with Crippen LogP contribution in [-0.2, 0) is 50.8 Å². The number of aromatic nitrogens is 4. The summed E-state index contributed by atoms with van der Waals surface area (Å²) in [5.74, 6) is 0.787. The van der Waals surface area contributed by atoms with E-state index in [0.717, 1.165) is 22.3 Å². The molecule has 34 nitrogen and oxygen atoms in total. The summed E-state index contributed by atoms with van der Waals surface area (Å²) in [6.07, 6.45) is 12.8. The molecule has 0 aliphatic heterocycles. The summed E-state index contributed by atoms with van der Waals surface area (Å²) in [6, 6.07) is 77.8. The molecule has 4 aromatic heterocycles. The fourth-order valence-electron chi connectivity index (χ4n) is 9.11. The van der Waals surface area contributed by atoms with Gasteiger partial charge in [-0.2, -0.15) is 0 Å². The molecular formula is C85H83Cl2N17O17S2. The Labute approximate surface area is 716 Å². The number of nitrogens with two attached hydrogens (primary N) is 3. The first-order chi connectivity index (χ1) is 58.6. The molecule has 0 spiro atoms. The second-order valence-electron chi connectivity index (χ2n) is 24.1. The predicted octanol–water partition coefficient (Wildman–Crippen LogP) is 17.3. The third kappa shape index (κ3) is 40.9. The Balaban J connectivity index is 0.000000257. The van der Waals surface area contributed by atoms with Gasteiger partial charge in [-0.1, -0.05) is 92.4 Å². The van der Waals surface area contributed by atoms with Gasteiger partial charge in [0.15, 0.2) is 9.84 Å². The first kappa shape index (κ1) is 97.9. The number of nitrogens with zero attached hydrogens (tertiary/aromatic N) is 7. The lowest BCUT2D eigenvalue weighted by atomic mass is 10.2. The Morgan fingerprint density at radius 2 is 0.634 bits per heavy atom. The van der Waals surface area contributed by atoms with Gasteiger partial charge in [-0.05, 0) is 198 Å². The minimum Gasteiger partial charge on any atom is -0.415 e. The number of nitrogen functional groups attached to an aromatic ring is 2. The molecule has 636 valence electrons. The zero-order chi connectivity index (χ0) is 88.3. The average Bonchev–Trinajstić information content (AvgIpc) is 0.833. The number of amides is 7. The molecule has 9 aromatic carbocycles. The van der Waals surface area contributed by atoms with E-state index in [0.29, 0.717) is 82.3 Å². The highest BCUT2D eigenvalue weighted by Gasteiger charge is 2.16. The number of hydrogen-bond acceptors (Lipinski definition) is 24. The van der Waals surface area contributed by atoms with Gasteiger partial charge < -0.3 is 58.6 Å². The van der Waals surface area contributed by atoms with Crippen LogP contribution in [0.1, 0.15) is 35.2 Å². The van der Waals surface area contributed by atoms with Crippen molar-refractivity contribution in [1.82, 2.24) is 35.9 Å². The number of benzene rings is 9. The number of rotatable bonds is 20. The maximum atomic E-state index is 12.4. The summed E-state index contributed by atoms with van der Waals surface area (Å²) in [5.41, 5.74) is 23.4. The Morgan fingerprint density at radius 1 is 0.358 bits per heavy atom. The molecule has 0 atom stereocenters. The standard InChI is InChI=1S/C20H19N3O3S.C13H12N4O3.C13H14N4O.C13H10N2O4.C7H5ClO2.C6H5ClO2S.C6H6N2O2.C6H8N2.CH4/c24-20(22-14-16-10-12-21-13-11-16)23-18-8-6-17(7-9-18)15-27(25,26)19-4-2-1-3-5-19;18-13(15-9-10-5-7-14-8-6-10)16-11-1-3-12(4-2-11)17(19)20;14-11-1-3-12(4-2-11)17-13(18)16-9-10-5-7-15-8-6-10;16-13(19-12-4-2-1-3-5-12)14-10-6-8-11(9-7-10)15(17)18;8-7(9)10-6-4-2-1-3-5-6;7-10(8,9)6-4-2-1-3-5-6;7-5-1-3-6(4-2-5)8(9)10;7-5-6-1-3-8-4-2-6;/h1-13H,14-15H2,(H2,22,23,24);1-8H,9H2,(H2,15,16,18);1-8H,9,14H2,(H2,16,17,18);1-9H,(H,14,16);2*1-5H;1-4H,7H2;1-4H,5,7H2;1H4. The molecule has 0 unspecified atom stereocenters.